The van der Waals surface area contributed by atoms with Crippen LogP contribution in [0.25, 0.3) is 0 Å². The van der Waals surface area contributed by atoms with Gasteiger partial charge in [0.15, 0.2) is 0 Å². The highest BCUT2D eigenvalue weighted by molar-refractivity contribution is 6.53. The van der Waals surface area contributed by atoms with Crippen molar-refractivity contribution < 1.29 is 82.0 Å². The van der Waals surface area contributed by atoms with Crippen LogP contribution in [0.5, 0.6) is 17.2 Å². The zero-order valence-electron chi connectivity index (χ0n) is 34.8. The predicted octanol–water partition coefficient (Wildman–Crippen LogP) is 13.6. The van der Waals surface area contributed by atoms with E-state index in [1.807, 2.05) is 0 Å². The van der Waals surface area contributed by atoms with Crippen molar-refractivity contribution in [3.63, 3.8) is 0 Å². The quantitative estimate of drug-likeness (QED) is 0.0196. The predicted molar refractivity (Wildman–Crippen MR) is 234 cm³/mol. The van der Waals surface area contributed by atoms with E-state index in [9.17, 15) is 72.5 Å². The number of benzene rings is 4. The number of hydrogen-bond acceptors (Lipinski definition) is 6. The third kappa shape index (κ3) is 12.2. The highest BCUT2D eigenvalue weighted by atomic mass is 35.5. The molecular weight excluding hydrogens is 971 g/mol. The lowest BCUT2D eigenvalue weighted by Gasteiger charge is -2.39. The minimum atomic E-state index is -5.85. The van der Waals surface area contributed by atoms with Gasteiger partial charge in [-0.25, -0.2) is 4.79 Å². The first-order valence-corrected chi connectivity index (χ1v) is 20.2. The summed E-state index contributed by atoms with van der Waals surface area (Å²) in [7, 11) is 0. The van der Waals surface area contributed by atoms with Crippen molar-refractivity contribution in [3.05, 3.63) is 173 Å². The fourth-order valence-electron chi connectivity index (χ4n) is 7.29. The molecule has 0 saturated carbocycles. The summed E-state index contributed by atoms with van der Waals surface area (Å²) in [4.78, 5) is 20.6. The Hall–Kier alpha value is -5.88. The molecule has 68 heavy (non-hydrogen) atoms. The van der Waals surface area contributed by atoms with Gasteiger partial charge in [0.1, 0.15) is 17.2 Å². The molecule has 0 atom stereocenters. The zero-order chi connectivity index (χ0) is 50.8. The van der Waals surface area contributed by atoms with Crippen LogP contribution in [0.1, 0.15) is 57.5 Å². The molecule has 0 aliphatic carbocycles. The lowest BCUT2D eigenvalue weighted by atomic mass is 9.71. The number of aromatic hydroxyl groups is 2. The molecule has 0 bridgehead atoms. The molecule has 0 unspecified atom stereocenters. The Labute approximate surface area is 393 Å². The summed E-state index contributed by atoms with van der Waals surface area (Å²) in [6.07, 6.45) is -18.6. The summed E-state index contributed by atoms with van der Waals surface area (Å²) < 4.78 is 183. The number of allylic oxidation sites excluding steroid dienone is 4. The second-order valence-electron chi connectivity index (χ2n) is 14.4. The number of esters is 1. The molecule has 0 radical (unpaired) electrons. The molecule has 0 aliphatic rings. The first kappa shape index (κ1) is 58.2. The van der Waals surface area contributed by atoms with E-state index >= 15 is 0 Å². The van der Waals surface area contributed by atoms with Crippen LogP contribution in [0.2, 0.25) is 0 Å². The number of hydrogen-bond donors (Lipinski definition) is 2. The summed E-state index contributed by atoms with van der Waals surface area (Å²) in [6.45, 7) is 13.8. The molecule has 20 heteroatoms. The van der Waals surface area contributed by atoms with Crippen molar-refractivity contribution in [1.29, 1.82) is 0 Å². The molecule has 4 aromatic rings. The molecule has 0 saturated heterocycles. The number of phenolic OH excluding ortho intramolecular Hbond substituents is 2. The van der Waals surface area contributed by atoms with Gasteiger partial charge >= 0.3 is 30.7 Å². The third-order valence-electron chi connectivity index (χ3n) is 10.3. The van der Waals surface area contributed by atoms with E-state index in [-0.39, 0.29) is 80.6 Å². The SMILES string of the molecule is C.C=CCc1cc(C(c2ccc(O)c(CC=C)c2)(C(F)(F)F)C(F)(F)F)ccc1O.C=CCc1cc(C(c2ccc(OC(=O)C(Cl)Cl)c(CC=C)c2)(C(F)(F)F)C(F)(F)F)ccc1CCOC=O. The molecule has 0 aliphatic heterocycles. The maximum Gasteiger partial charge on any atom is 0.411 e. The molecule has 0 aromatic heterocycles. The number of halogens is 14. The molecule has 4 aromatic carbocycles. The molecule has 4 rings (SSSR count). The lowest BCUT2D eigenvalue weighted by Crippen LogP contribution is -2.54. The number of carbonyl (C=O) groups excluding carboxylic acids is 2. The average Bonchev–Trinajstić information content (AvgIpc) is 3.21. The van der Waals surface area contributed by atoms with Gasteiger partial charge in [-0.2, -0.15) is 52.7 Å². The Bertz CT molecular complexity index is 2330. The fraction of sp³-hybridized carbons (Fsp3) is 0.292. The van der Waals surface area contributed by atoms with Gasteiger partial charge in [-0.1, -0.05) is 110 Å². The van der Waals surface area contributed by atoms with Crippen LogP contribution in [0.4, 0.5) is 52.7 Å². The van der Waals surface area contributed by atoms with Crippen LogP contribution in [0, 0.1) is 0 Å². The second-order valence-corrected chi connectivity index (χ2v) is 15.5. The number of alkyl halides is 14. The number of ether oxygens (including phenoxy) is 2. The van der Waals surface area contributed by atoms with E-state index in [1.165, 1.54) is 24.3 Å². The molecular formula is C48H44Cl2F12O6. The normalized spacial score (nSPS) is 12.2. The minimum Gasteiger partial charge on any atom is -0.508 e. The molecule has 0 spiro atoms. The van der Waals surface area contributed by atoms with E-state index in [0.717, 1.165) is 36.4 Å². The Balaban J connectivity index is 0.000000476. The van der Waals surface area contributed by atoms with E-state index < -0.39 is 80.1 Å². The van der Waals surface area contributed by atoms with Gasteiger partial charge in [-0.3, -0.25) is 4.79 Å². The number of carbonyl (C=O) groups is 2. The van der Waals surface area contributed by atoms with Crippen LogP contribution < -0.4 is 4.74 Å². The smallest absolute Gasteiger partial charge is 0.411 e. The maximum absolute atomic E-state index is 14.7. The Kier molecular flexibility index (Phi) is 20.1. The molecule has 0 heterocycles. The van der Waals surface area contributed by atoms with Crippen LogP contribution >= 0.6 is 23.2 Å². The minimum absolute atomic E-state index is 0. The van der Waals surface area contributed by atoms with E-state index in [2.05, 4.69) is 31.1 Å². The standard InChI is InChI=1S/C26H22Cl2F6O4.C21H18F6O2.CH4/c1-3-5-17-13-19(8-7-16(17)11-12-37-15-35)24(25(29,30)31,26(32,33)34)20-9-10-21(18(14-20)6-4-2)38-23(36)22(27)28;1-3-5-13-11-15(7-9-17(13)28)19(20(22,23)24,21(25,26)27)16-8-10-18(29)14(12-16)6-4-2;/h3-4,7-10,13-15,22H,1-2,5-6,11-12H2;3-4,7-12,28-29H,1-2,5-6H2;1H4. The van der Waals surface area contributed by atoms with E-state index in [4.69, 9.17) is 27.9 Å². The number of rotatable bonds is 18. The topological polar surface area (TPSA) is 93.1 Å². The van der Waals surface area contributed by atoms with Crippen molar-refractivity contribution >= 4 is 35.6 Å². The van der Waals surface area contributed by atoms with Gasteiger partial charge in [-0.15, -0.1) is 26.3 Å². The van der Waals surface area contributed by atoms with E-state index in [0.29, 0.717) is 42.0 Å². The Morgan fingerprint density at radius 2 is 0.882 bits per heavy atom. The zero-order valence-corrected chi connectivity index (χ0v) is 36.3. The van der Waals surface area contributed by atoms with Crippen LogP contribution in [0.3, 0.4) is 0 Å². The Morgan fingerprint density at radius 3 is 1.25 bits per heavy atom. The fourth-order valence-corrected chi connectivity index (χ4v) is 7.37. The van der Waals surface area contributed by atoms with Gasteiger partial charge in [0.2, 0.25) is 15.7 Å². The first-order chi connectivity index (χ1) is 31.1. The molecule has 370 valence electrons. The molecule has 0 amide bonds. The second kappa shape index (κ2) is 23.4. The average molecular weight is 1020 g/mol. The molecule has 2 N–H and O–H groups in total. The Morgan fingerprint density at radius 1 is 0.544 bits per heavy atom. The van der Waals surface area contributed by atoms with Crippen molar-refractivity contribution in [2.45, 2.75) is 79.9 Å². The van der Waals surface area contributed by atoms with Gasteiger partial charge < -0.3 is 19.7 Å². The molecule has 6 nitrogen and oxygen atoms in total. The van der Waals surface area contributed by atoms with Gasteiger partial charge in [-0.05, 0) is 94.0 Å². The third-order valence-corrected chi connectivity index (χ3v) is 10.6. The van der Waals surface area contributed by atoms with Gasteiger partial charge in [0, 0.05) is 6.42 Å². The summed E-state index contributed by atoms with van der Waals surface area (Å²) in [5, 5.41) is 19.6. The highest BCUT2D eigenvalue weighted by Crippen LogP contribution is 2.58. The van der Waals surface area contributed by atoms with Crippen LogP contribution in [0.15, 0.2) is 123 Å². The highest BCUT2D eigenvalue weighted by Gasteiger charge is 2.74. The summed E-state index contributed by atoms with van der Waals surface area (Å²) in [5.41, 5.74) is -13.1. The van der Waals surface area contributed by atoms with Gasteiger partial charge in [0.05, 0.1) is 6.61 Å². The van der Waals surface area contributed by atoms with Crippen molar-refractivity contribution in [2.24, 2.45) is 0 Å². The maximum atomic E-state index is 14.7. The first-order valence-electron chi connectivity index (χ1n) is 19.3. The van der Waals surface area contributed by atoms with Crippen molar-refractivity contribution in [1.82, 2.24) is 0 Å². The summed E-state index contributed by atoms with van der Waals surface area (Å²) in [5.74, 6) is -2.36. The van der Waals surface area contributed by atoms with Crippen LogP contribution in [-0.2, 0) is 57.3 Å². The van der Waals surface area contributed by atoms with Crippen molar-refractivity contribution in [3.8, 4) is 17.2 Å². The van der Waals surface area contributed by atoms with Crippen molar-refractivity contribution in [2.75, 3.05) is 6.61 Å². The molecule has 0 fully saturated rings. The lowest BCUT2D eigenvalue weighted by molar-refractivity contribution is -0.290. The summed E-state index contributed by atoms with van der Waals surface area (Å²) in [6, 6.07) is 8.94. The largest absolute Gasteiger partial charge is 0.508 e. The van der Waals surface area contributed by atoms with E-state index in [1.54, 1.807) is 0 Å². The number of phenols is 2. The van der Waals surface area contributed by atoms with Crippen LogP contribution in [-0.4, -0.2) is 58.8 Å². The van der Waals surface area contributed by atoms with Gasteiger partial charge in [0.25, 0.3) is 6.47 Å². The summed E-state index contributed by atoms with van der Waals surface area (Å²) >= 11 is 10.9. The monoisotopic (exact) mass is 1010 g/mol.